The number of aromatic nitrogens is 2. The lowest BCUT2D eigenvalue weighted by atomic mass is 9.84. The highest BCUT2D eigenvalue weighted by molar-refractivity contribution is 7.10. The van der Waals surface area contributed by atoms with Crippen molar-refractivity contribution in [1.29, 1.82) is 0 Å². The predicted octanol–water partition coefficient (Wildman–Crippen LogP) is 6.68. The monoisotopic (exact) mass is 874 g/mol. The molecule has 2 aliphatic rings. The highest BCUT2D eigenvalue weighted by atomic mass is 32.1. The molecule has 0 aromatic carbocycles. The van der Waals surface area contributed by atoms with Crippen molar-refractivity contribution in [2.24, 2.45) is 10.8 Å². The summed E-state index contributed by atoms with van der Waals surface area (Å²) >= 11 is 3.03. The maximum absolute atomic E-state index is 13.0. The van der Waals surface area contributed by atoms with Crippen LogP contribution in [0, 0.1) is 10.8 Å². The molecular weight excluding hydrogens is 817 g/mol. The van der Waals surface area contributed by atoms with Crippen molar-refractivity contribution in [1.82, 2.24) is 19.8 Å². The zero-order valence-corrected chi connectivity index (χ0v) is 37.6. The lowest BCUT2D eigenvalue weighted by Crippen LogP contribution is -2.53. The molecule has 0 fully saturated rings. The summed E-state index contributed by atoms with van der Waals surface area (Å²) in [5.41, 5.74) is 2.75. The molecule has 0 saturated carbocycles. The average Bonchev–Trinajstić information content (AvgIpc) is 3.95. The Bertz CT molecular complexity index is 2100. The van der Waals surface area contributed by atoms with E-state index in [4.69, 9.17) is 9.84 Å². The van der Waals surface area contributed by atoms with E-state index in [-0.39, 0.29) is 32.7 Å². The molecular formula is C46H58N4O9S2. The van der Waals surface area contributed by atoms with Gasteiger partial charge in [-0.15, -0.1) is 22.7 Å². The second-order valence-electron chi connectivity index (χ2n) is 16.3. The van der Waals surface area contributed by atoms with Crippen LogP contribution >= 0.6 is 22.7 Å². The Morgan fingerprint density at radius 2 is 1.18 bits per heavy atom. The molecule has 2 atom stereocenters. The van der Waals surface area contributed by atoms with Crippen molar-refractivity contribution in [2.75, 3.05) is 13.2 Å². The summed E-state index contributed by atoms with van der Waals surface area (Å²) < 4.78 is 5.51. The number of esters is 1. The number of carbonyl (C=O) groups is 6. The van der Waals surface area contributed by atoms with Crippen molar-refractivity contribution < 1.29 is 43.7 Å². The van der Waals surface area contributed by atoms with Gasteiger partial charge in [0.15, 0.2) is 0 Å². The van der Waals surface area contributed by atoms with E-state index in [9.17, 15) is 33.9 Å². The highest BCUT2D eigenvalue weighted by Crippen LogP contribution is 2.32. The summed E-state index contributed by atoms with van der Waals surface area (Å²) in [6.07, 6.45) is 12.0. The molecule has 0 spiro atoms. The number of aliphatic carboxylic acids is 1. The van der Waals surface area contributed by atoms with Gasteiger partial charge in [-0.25, -0.2) is 9.59 Å². The molecule has 15 heteroatoms. The Labute approximate surface area is 366 Å². The maximum Gasteiger partial charge on any atom is 0.329 e. The Hall–Kier alpha value is -5.12. The summed E-state index contributed by atoms with van der Waals surface area (Å²) in [4.78, 5) is 87.5. The number of ketones is 2. The molecule has 13 nitrogen and oxygen atoms in total. The molecule has 0 radical (unpaired) electrons. The second-order valence-corrected chi connectivity index (χ2v) is 18.3. The van der Waals surface area contributed by atoms with Crippen LogP contribution in [0.2, 0.25) is 0 Å². The minimum Gasteiger partial charge on any atom is -0.480 e. The van der Waals surface area contributed by atoms with E-state index in [0.717, 1.165) is 45.7 Å². The van der Waals surface area contributed by atoms with Gasteiger partial charge in [-0.05, 0) is 95.8 Å². The first kappa shape index (κ1) is 48.5. The van der Waals surface area contributed by atoms with Gasteiger partial charge in [0.25, 0.3) is 11.8 Å². The number of nitrogens with zero attached hydrogens (tertiary/aromatic N) is 4. The number of carbonyl (C=O) groups excluding carboxylic acids is 5. The summed E-state index contributed by atoms with van der Waals surface area (Å²) in [7, 11) is 0. The van der Waals surface area contributed by atoms with E-state index in [1.165, 1.54) is 26.7 Å². The Kier molecular flexibility index (Phi) is 18.0. The molecule has 6 heterocycles. The van der Waals surface area contributed by atoms with Crippen LogP contribution in [-0.4, -0.2) is 90.6 Å². The zero-order valence-electron chi connectivity index (χ0n) is 35.9. The van der Waals surface area contributed by atoms with Gasteiger partial charge in [0.1, 0.15) is 12.1 Å². The summed E-state index contributed by atoms with van der Waals surface area (Å²) in [5.74, 6) is -3.78. The predicted molar refractivity (Wildman–Crippen MR) is 234 cm³/mol. The van der Waals surface area contributed by atoms with E-state index in [2.05, 4.69) is 9.97 Å². The quantitative estimate of drug-likeness (QED) is 0.0739. The van der Waals surface area contributed by atoms with Gasteiger partial charge in [-0.2, -0.15) is 0 Å². The molecule has 2 N–H and O–H groups in total. The number of Topliss-reactive ketones (excluding diaryl/α,β-unsaturated/α-hetero) is 2. The Morgan fingerprint density at radius 1 is 0.721 bits per heavy atom. The van der Waals surface area contributed by atoms with E-state index in [0.29, 0.717) is 25.7 Å². The molecule has 2 aliphatic heterocycles. The number of carboxylic acids is 1. The van der Waals surface area contributed by atoms with Gasteiger partial charge in [0.2, 0.25) is 11.6 Å². The molecule has 4 aromatic heterocycles. The molecule has 0 bridgehead atoms. The van der Waals surface area contributed by atoms with E-state index < -0.39 is 58.2 Å². The van der Waals surface area contributed by atoms with Crippen LogP contribution in [0.5, 0.6) is 0 Å². The first-order chi connectivity index (χ1) is 29.0. The van der Waals surface area contributed by atoms with Crippen LogP contribution in [-0.2, 0) is 72.3 Å². The molecule has 6 rings (SSSR count). The number of carboxylic acid groups (broad SMARTS) is 1. The zero-order chi connectivity index (χ0) is 44.7. The van der Waals surface area contributed by atoms with Crippen molar-refractivity contribution >= 4 is 58.0 Å². The van der Waals surface area contributed by atoms with Crippen LogP contribution in [0.25, 0.3) is 0 Å². The second kappa shape index (κ2) is 22.6. The highest BCUT2D eigenvalue weighted by Gasteiger charge is 2.43. The minimum absolute atomic E-state index is 0.203. The van der Waals surface area contributed by atoms with Crippen LogP contribution in [0.4, 0.5) is 0 Å². The van der Waals surface area contributed by atoms with Crippen molar-refractivity contribution in [3.8, 4) is 0 Å². The summed E-state index contributed by atoms with van der Waals surface area (Å²) in [6.45, 7) is 11.7. The maximum atomic E-state index is 13.0. The number of amides is 2. The van der Waals surface area contributed by atoms with Crippen LogP contribution < -0.4 is 0 Å². The summed E-state index contributed by atoms with van der Waals surface area (Å²) in [5, 5.41) is 21.7. The van der Waals surface area contributed by atoms with Crippen molar-refractivity contribution in [2.45, 2.75) is 118 Å². The number of aryl methyl sites for hydroxylation is 2. The molecule has 328 valence electrons. The van der Waals surface area contributed by atoms with Gasteiger partial charge >= 0.3 is 11.9 Å². The number of thiophene rings is 2. The van der Waals surface area contributed by atoms with E-state index in [1.54, 1.807) is 57.6 Å². The SMILES string of the molecule is CCC(C)(C)C(=O)C(=O)N1Cc2sccc2CC1C(=O)O.CCC(C)(C)C(=O)C(=O)N1Cc2sccc2CC1C(=O)OCCCc1cccnc1.OCCCc1cccnc1. The Balaban J connectivity index is 0.000000228. The molecule has 2 amide bonds. The molecule has 4 aromatic rings. The van der Waals surface area contributed by atoms with Crippen LogP contribution in [0.15, 0.2) is 71.9 Å². The fourth-order valence-corrected chi connectivity index (χ4v) is 8.31. The van der Waals surface area contributed by atoms with Crippen LogP contribution in [0.3, 0.4) is 0 Å². The summed E-state index contributed by atoms with van der Waals surface area (Å²) in [6, 6.07) is 9.91. The van der Waals surface area contributed by atoms with Gasteiger partial charge < -0.3 is 24.7 Å². The fraction of sp³-hybridized carbons (Fsp3) is 0.478. The standard InChI is InChI=1S/C23H28N2O4S.C15H19NO4S.C8H11NO/c1-4-23(2,3)20(26)21(27)25-15-19-17(9-12-30-19)13-18(25)22(28)29-11-6-8-16-7-5-10-24-14-16;1-4-15(2,3)12(17)13(18)16-8-11-9(5-6-21-11)7-10(16)14(19)20;10-6-2-4-8-3-1-5-9-7-8/h5,7,9-10,12,14,18H,4,6,8,11,13,15H2,1-3H3;5-6,10H,4,7-8H2,1-3H3,(H,19,20);1,3,5,7,10H,2,4,6H2. The number of pyridine rings is 2. The fourth-order valence-electron chi connectivity index (χ4n) is 6.48. The van der Waals surface area contributed by atoms with Gasteiger partial charge in [0, 0.05) is 64.8 Å². The molecule has 2 unspecified atom stereocenters. The van der Waals surface area contributed by atoms with Gasteiger partial charge in [-0.3, -0.25) is 29.1 Å². The number of fused-ring (bicyclic) bond motifs is 2. The average molecular weight is 875 g/mol. The largest absolute Gasteiger partial charge is 0.480 e. The van der Waals surface area contributed by atoms with E-state index >= 15 is 0 Å². The first-order valence-electron chi connectivity index (χ1n) is 20.6. The number of aliphatic hydroxyl groups is 1. The lowest BCUT2D eigenvalue weighted by molar-refractivity contribution is -0.160. The molecule has 61 heavy (non-hydrogen) atoms. The smallest absolute Gasteiger partial charge is 0.329 e. The topological polar surface area (TPSA) is 184 Å². The number of ether oxygens (including phenoxy) is 1. The number of aliphatic hydroxyl groups excluding tert-OH is 1. The van der Waals surface area contributed by atoms with Crippen molar-refractivity contribution in [3.63, 3.8) is 0 Å². The first-order valence-corrected chi connectivity index (χ1v) is 22.4. The normalized spacial score (nSPS) is 15.8. The third-order valence-corrected chi connectivity index (χ3v) is 13.2. The Morgan fingerprint density at radius 3 is 1.61 bits per heavy atom. The molecule has 0 aliphatic carbocycles. The third kappa shape index (κ3) is 13.2. The third-order valence-electron chi connectivity index (χ3n) is 11.3. The van der Waals surface area contributed by atoms with Crippen LogP contribution in [0.1, 0.15) is 99.2 Å². The number of hydrogen-bond donors (Lipinski definition) is 2. The van der Waals surface area contributed by atoms with E-state index in [1.807, 2.05) is 67.2 Å². The lowest BCUT2D eigenvalue weighted by Gasteiger charge is -2.35. The number of hydrogen-bond acceptors (Lipinski definition) is 12. The van der Waals surface area contributed by atoms with Gasteiger partial charge in [-0.1, -0.05) is 53.7 Å². The van der Waals surface area contributed by atoms with Crippen molar-refractivity contribution in [3.05, 3.63) is 104 Å². The minimum atomic E-state index is -1.07. The number of rotatable bonds is 15. The van der Waals surface area contributed by atoms with Gasteiger partial charge in [0.05, 0.1) is 19.7 Å². The molecule has 0 saturated heterocycles.